The first-order valence-corrected chi connectivity index (χ1v) is 8.05. The van der Waals surface area contributed by atoms with Gasteiger partial charge < -0.3 is 5.32 Å². The molecule has 1 saturated heterocycles. The van der Waals surface area contributed by atoms with Crippen molar-refractivity contribution in [2.45, 2.75) is 12.8 Å². The van der Waals surface area contributed by atoms with E-state index >= 15 is 0 Å². The summed E-state index contributed by atoms with van der Waals surface area (Å²) in [5.74, 6) is 0.367. The predicted molar refractivity (Wildman–Crippen MR) is 74.5 cm³/mol. The van der Waals surface area contributed by atoms with Gasteiger partial charge in [0.1, 0.15) is 0 Å². The molecule has 2 rings (SSSR count). The third kappa shape index (κ3) is 4.15. The minimum atomic E-state index is -3.28. The quantitative estimate of drug-likeness (QED) is 0.892. The standard InChI is InChI=1S/C12H17ClN2O2S/c13-11-3-5-12(6-4-11)15-18(16,17)9-10-2-1-7-14-8-10/h3-6,10,14-15H,1-2,7-9H2. The Bertz CT molecular complexity index is 481. The average Bonchev–Trinajstić information content (AvgIpc) is 2.32. The van der Waals surface area contributed by atoms with Crippen molar-refractivity contribution in [2.75, 3.05) is 23.6 Å². The highest BCUT2D eigenvalue weighted by Crippen LogP contribution is 2.17. The number of rotatable bonds is 4. The maximum atomic E-state index is 12.0. The van der Waals surface area contributed by atoms with Crippen molar-refractivity contribution in [2.24, 2.45) is 5.92 Å². The molecule has 1 aromatic carbocycles. The summed E-state index contributed by atoms with van der Waals surface area (Å²) in [6, 6.07) is 6.67. The fourth-order valence-corrected chi connectivity index (χ4v) is 3.73. The fourth-order valence-electron chi connectivity index (χ4n) is 2.12. The van der Waals surface area contributed by atoms with Crippen molar-refractivity contribution in [3.05, 3.63) is 29.3 Å². The van der Waals surface area contributed by atoms with Gasteiger partial charge in [0.15, 0.2) is 0 Å². The summed E-state index contributed by atoms with van der Waals surface area (Å²) in [5.41, 5.74) is 0.558. The Morgan fingerprint density at radius 2 is 2.06 bits per heavy atom. The highest BCUT2D eigenvalue weighted by Gasteiger charge is 2.21. The Morgan fingerprint density at radius 3 is 2.67 bits per heavy atom. The van der Waals surface area contributed by atoms with E-state index in [4.69, 9.17) is 11.6 Å². The minimum absolute atomic E-state index is 0.169. The number of sulfonamides is 1. The molecule has 1 atom stereocenters. The van der Waals surface area contributed by atoms with Crippen LogP contribution in [0.15, 0.2) is 24.3 Å². The smallest absolute Gasteiger partial charge is 0.233 e. The Labute approximate surface area is 113 Å². The van der Waals surface area contributed by atoms with Gasteiger partial charge in [-0.1, -0.05) is 11.6 Å². The van der Waals surface area contributed by atoms with Gasteiger partial charge in [-0.3, -0.25) is 4.72 Å². The number of nitrogens with one attached hydrogen (secondary N) is 2. The highest BCUT2D eigenvalue weighted by molar-refractivity contribution is 7.92. The van der Waals surface area contributed by atoms with E-state index in [1.54, 1.807) is 24.3 Å². The molecule has 0 amide bonds. The van der Waals surface area contributed by atoms with Gasteiger partial charge in [0, 0.05) is 10.7 Å². The van der Waals surface area contributed by atoms with Gasteiger partial charge in [0.25, 0.3) is 0 Å². The first-order chi connectivity index (χ1) is 8.55. The second-order valence-corrected chi connectivity index (χ2v) is 6.81. The summed E-state index contributed by atoms with van der Waals surface area (Å²) in [6.45, 7) is 1.77. The van der Waals surface area contributed by atoms with E-state index in [9.17, 15) is 8.42 Å². The molecule has 1 unspecified atom stereocenters. The molecule has 1 aromatic rings. The first kappa shape index (κ1) is 13.6. The lowest BCUT2D eigenvalue weighted by atomic mass is 10.0. The van der Waals surface area contributed by atoms with Gasteiger partial charge in [-0.2, -0.15) is 0 Å². The molecule has 2 N–H and O–H groups in total. The average molecular weight is 289 g/mol. The second kappa shape index (κ2) is 5.91. The van der Waals surface area contributed by atoms with Gasteiger partial charge in [0.2, 0.25) is 10.0 Å². The second-order valence-electron chi connectivity index (χ2n) is 4.60. The lowest BCUT2D eigenvalue weighted by Crippen LogP contribution is -2.35. The number of piperidine rings is 1. The molecule has 0 spiro atoms. The molecule has 18 heavy (non-hydrogen) atoms. The number of hydrogen-bond acceptors (Lipinski definition) is 3. The summed E-state index contributed by atoms with van der Waals surface area (Å²) < 4.78 is 26.5. The summed E-state index contributed by atoms with van der Waals surface area (Å²) >= 11 is 5.75. The molecule has 0 bridgehead atoms. The topological polar surface area (TPSA) is 58.2 Å². The van der Waals surface area contributed by atoms with Crippen LogP contribution in [-0.4, -0.2) is 27.3 Å². The van der Waals surface area contributed by atoms with Crippen LogP contribution in [0.1, 0.15) is 12.8 Å². The molecule has 1 heterocycles. The number of benzene rings is 1. The van der Waals surface area contributed by atoms with Crippen molar-refractivity contribution in [3.63, 3.8) is 0 Å². The zero-order chi connectivity index (χ0) is 13.0. The van der Waals surface area contributed by atoms with Crippen molar-refractivity contribution in [1.82, 2.24) is 5.32 Å². The lowest BCUT2D eigenvalue weighted by Gasteiger charge is -2.22. The van der Waals surface area contributed by atoms with Crippen molar-refractivity contribution < 1.29 is 8.42 Å². The van der Waals surface area contributed by atoms with Crippen LogP contribution < -0.4 is 10.0 Å². The Hall–Kier alpha value is -0.780. The molecule has 1 aliphatic rings. The molecular formula is C12H17ClN2O2S. The summed E-state index contributed by atoms with van der Waals surface area (Å²) in [7, 11) is -3.28. The molecule has 0 radical (unpaired) electrons. The van der Waals surface area contributed by atoms with Crippen molar-refractivity contribution in [1.29, 1.82) is 0 Å². The van der Waals surface area contributed by atoms with Crippen molar-refractivity contribution >= 4 is 27.3 Å². The molecule has 1 aliphatic heterocycles. The zero-order valence-corrected chi connectivity index (χ0v) is 11.6. The van der Waals surface area contributed by atoms with E-state index in [1.807, 2.05) is 0 Å². The van der Waals surface area contributed by atoms with Gasteiger partial charge in [-0.05, 0) is 56.1 Å². The van der Waals surface area contributed by atoms with Crippen LogP contribution in [0.5, 0.6) is 0 Å². The number of anilines is 1. The van der Waals surface area contributed by atoms with Crippen LogP contribution in [0.4, 0.5) is 5.69 Å². The minimum Gasteiger partial charge on any atom is -0.316 e. The highest BCUT2D eigenvalue weighted by atomic mass is 35.5. The van der Waals surface area contributed by atoms with Crippen LogP contribution in [0, 0.1) is 5.92 Å². The van der Waals surface area contributed by atoms with Crippen LogP contribution >= 0.6 is 11.6 Å². The first-order valence-electron chi connectivity index (χ1n) is 6.02. The SMILES string of the molecule is O=S(=O)(CC1CCCNC1)Nc1ccc(Cl)cc1. The van der Waals surface area contributed by atoms with Crippen LogP contribution in [0.2, 0.25) is 5.02 Å². The van der Waals surface area contributed by atoms with E-state index in [1.165, 1.54) is 0 Å². The van der Waals surface area contributed by atoms with Gasteiger partial charge >= 0.3 is 0 Å². The maximum Gasteiger partial charge on any atom is 0.233 e. The molecule has 6 heteroatoms. The Balaban J connectivity index is 1.96. The van der Waals surface area contributed by atoms with Crippen LogP contribution in [0.3, 0.4) is 0 Å². The summed E-state index contributed by atoms with van der Waals surface area (Å²) in [6.07, 6.45) is 2.01. The van der Waals surface area contributed by atoms with Gasteiger partial charge in [-0.15, -0.1) is 0 Å². The molecule has 1 fully saturated rings. The van der Waals surface area contributed by atoms with Gasteiger partial charge in [0.05, 0.1) is 5.75 Å². The number of halogens is 1. The number of hydrogen-bond donors (Lipinski definition) is 2. The molecule has 0 aromatic heterocycles. The molecule has 0 saturated carbocycles. The normalized spacial score (nSPS) is 20.6. The van der Waals surface area contributed by atoms with Gasteiger partial charge in [-0.25, -0.2) is 8.42 Å². The third-order valence-corrected chi connectivity index (χ3v) is 4.68. The van der Waals surface area contributed by atoms with E-state index < -0.39 is 10.0 Å². The Kier molecular flexibility index (Phi) is 4.48. The molecule has 4 nitrogen and oxygen atoms in total. The van der Waals surface area contributed by atoms with E-state index in [-0.39, 0.29) is 11.7 Å². The van der Waals surface area contributed by atoms with E-state index in [2.05, 4.69) is 10.0 Å². The molecular weight excluding hydrogens is 272 g/mol. The zero-order valence-electron chi connectivity index (χ0n) is 10.0. The monoisotopic (exact) mass is 288 g/mol. The summed E-state index contributed by atoms with van der Waals surface area (Å²) in [4.78, 5) is 0. The van der Waals surface area contributed by atoms with Crippen LogP contribution in [0.25, 0.3) is 0 Å². The molecule has 100 valence electrons. The fraction of sp³-hybridized carbons (Fsp3) is 0.500. The Morgan fingerprint density at radius 1 is 1.33 bits per heavy atom. The van der Waals surface area contributed by atoms with Crippen LogP contribution in [-0.2, 0) is 10.0 Å². The summed E-state index contributed by atoms with van der Waals surface area (Å²) in [5, 5.41) is 3.81. The predicted octanol–water partition coefficient (Wildman–Crippen LogP) is 2.08. The van der Waals surface area contributed by atoms with E-state index in [0.717, 1.165) is 25.9 Å². The third-order valence-electron chi connectivity index (χ3n) is 2.97. The largest absolute Gasteiger partial charge is 0.316 e. The molecule has 0 aliphatic carbocycles. The van der Waals surface area contributed by atoms with E-state index in [0.29, 0.717) is 10.7 Å². The van der Waals surface area contributed by atoms with Crippen molar-refractivity contribution in [3.8, 4) is 0 Å². The lowest BCUT2D eigenvalue weighted by molar-refractivity contribution is 0.404. The maximum absolute atomic E-state index is 12.0.